The lowest BCUT2D eigenvalue weighted by Crippen LogP contribution is -2.29. The summed E-state index contributed by atoms with van der Waals surface area (Å²) < 4.78 is 11.1. The number of nitrogens with one attached hydrogen (secondary N) is 1. The molecule has 0 spiro atoms. The summed E-state index contributed by atoms with van der Waals surface area (Å²) in [7, 11) is 0. The summed E-state index contributed by atoms with van der Waals surface area (Å²) in [5.41, 5.74) is 3.05. The summed E-state index contributed by atoms with van der Waals surface area (Å²) >= 11 is 0. The molecular weight excluding hydrogens is 264 g/mol. The quantitative estimate of drug-likeness (QED) is 0.788. The van der Waals surface area contributed by atoms with Crippen LogP contribution in [-0.2, 0) is 9.47 Å². The van der Waals surface area contributed by atoms with E-state index in [1.165, 1.54) is 0 Å². The first-order valence-corrected chi connectivity index (χ1v) is 7.37. The van der Waals surface area contributed by atoms with Crippen molar-refractivity contribution in [3.8, 4) is 0 Å². The second-order valence-electron chi connectivity index (χ2n) is 5.48. The monoisotopic (exact) mass is 288 g/mol. The molecule has 2 atom stereocenters. The van der Waals surface area contributed by atoms with Gasteiger partial charge in [0.2, 0.25) is 0 Å². The molecule has 0 radical (unpaired) electrons. The molecule has 2 aliphatic heterocycles. The van der Waals surface area contributed by atoms with E-state index in [-0.39, 0.29) is 12.1 Å². The number of hydrogen-bond donors (Lipinski definition) is 1. The van der Waals surface area contributed by atoms with Crippen molar-refractivity contribution in [3.05, 3.63) is 47.7 Å². The highest BCUT2D eigenvalue weighted by molar-refractivity contribution is 5.98. The first-order valence-electron chi connectivity index (χ1n) is 7.37. The lowest BCUT2D eigenvalue weighted by molar-refractivity contribution is 0.140. The van der Waals surface area contributed by atoms with Crippen molar-refractivity contribution in [3.63, 3.8) is 0 Å². The van der Waals surface area contributed by atoms with E-state index in [1.807, 2.05) is 19.9 Å². The molecule has 0 aliphatic carbocycles. The third kappa shape index (κ3) is 4.25. The molecule has 21 heavy (non-hydrogen) atoms. The van der Waals surface area contributed by atoms with Gasteiger partial charge in [-0.1, -0.05) is 13.5 Å². The minimum Gasteiger partial charge on any atom is -0.492 e. The molecule has 0 amide bonds. The highest BCUT2D eigenvalue weighted by atomic mass is 16.5. The average Bonchev–Trinajstić information content (AvgIpc) is 2.95. The zero-order valence-corrected chi connectivity index (χ0v) is 13.3. The summed E-state index contributed by atoms with van der Waals surface area (Å²) in [4.78, 5) is 4.66. The van der Waals surface area contributed by atoms with E-state index >= 15 is 0 Å². The molecule has 2 unspecified atom stereocenters. The highest BCUT2D eigenvalue weighted by Gasteiger charge is 2.23. The predicted molar refractivity (Wildman–Crippen MR) is 85.9 cm³/mol. The largest absolute Gasteiger partial charge is 0.492 e. The first-order chi connectivity index (χ1) is 9.97. The normalized spacial score (nSPS) is 27.0. The molecule has 114 valence electrons. The Morgan fingerprint density at radius 2 is 2.38 bits per heavy atom. The van der Waals surface area contributed by atoms with Gasteiger partial charge < -0.3 is 14.8 Å². The predicted octanol–water partition coefficient (Wildman–Crippen LogP) is 3.45. The molecule has 2 aliphatic rings. The van der Waals surface area contributed by atoms with Gasteiger partial charge in [-0.25, -0.2) is 0 Å². The van der Waals surface area contributed by atoms with Gasteiger partial charge in [-0.05, 0) is 39.3 Å². The van der Waals surface area contributed by atoms with Gasteiger partial charge in [-0.2, -0.15) is 0 Å². The van der Waals surface area contributed by atoms with Crippen molar-refractivity contribution < 1.29 is 9.47 Å². The van der Waals surface area contributed by atoms with Crippen LogP contribution in [0, 0.1) is 0 Å². The summed E-state index contributed by atoms with van der Waals surface area (Å²) in [6.45, 7) is 12.4. The van der Waals surface area contributed by atoms with Gasteiger partial charge >= 0.3 is 0 Å². The van der Waals surface area contributed by atoms with Gasteiger partial charge in [0.15, 0.2) is 0 Å². The molecule has 0 fully saturated rings. The Kier molecular flexibility index (Phi) is 4.89. The highest BCUT2D eigenvalue weighted by Crippen LogP contribution is 2.19. The van der Waals surface area contributed by atoms with E-state index < -0.39 is 0 Å². The molecule has 0 aromatic carbocycles. The lowest BCUT2D eigenvalue weighted by atomic mass is 10.2. The van der Waals surface area contributed by atoms with Crippen LogP contribution in [0.15, 0.2) is 52.7 Å². The summed E-state index contributed by atoms with van der Waals surface area (Å²) in [5.74, 6) is 1.65. The maximum absolute atomic E-state index is 5.69. The van der Waals surface area contributed by atoms with Crippen LogP contribution in [0.5, 0.6) is 0 Å². The van der Waals surface area contributed by atoms with E-state index in [0.29, 0.717) is 6.61 Å². The van der Waals surface area contributed by atoms with E-state index in [9.17, 15) is 0 Å². The standard InChI is InChI=1S/C17H24N2O2/c1-6-14(19-16-7-12(4)20-10-16)8-15-9-17(13(5)18-15)21-11(2)3/h7-9,13,17-18H,2,6,10H2,1,3-5H3/b14-8-,19-16-. The Bertz CT molecular complexity index is 541. The van der Waals surface area contributed by atoms with Crippen molar-refractivity contribution in [2.45, 2.75) is 46.3 Å². The molecule has 0 saturated heterocycles. The maximum atomic E-state index is 5.69. The Morgan fingerprint density at radius 3 is 2.95 bits per heavy atom. The SMILES string of the molecule is C=C(C)OC1C=C(/C=C(CC)\N=C2\C=C(C)OC2)NC1C. The van der Waals surface area contributed by atoms with Crippen molar-refractivity contribution in [1.29, 1.82) is 0 Å². The summed E-state index contributed by atoms with van der Waals surface area (Å²) in [5, 5.41) is 3.41. The van der Waals surface area contributed by atoms with Gasteiger partial charge in [0.1, 0.15) is 12.7 Å². The zero-order valence-electron chi connectivity index (χ0n) is 13.3. The van der Waals surface area contributed by atoms with Crippen molar-refractivity contribution >= 4 is 5.71 Å². The molecule has 2 rings (SSSR count). The molecule has 0 aromatic heterocycles. The fraction of sp³-hybridized carbons (Fsp3) is 0.471. The Labute approximate surface area is 126 Å². The number of allylic oxidation sites excluding steroid dienone is 4. The molecule has 4 nitrogen and oxygen atoms in total. The van der Waals surface area contributed by atoms with E-state index in [1.54, 1.807) is 0 Å². The Hall–Kier alpha value is -1.97. The van der Waals surface area contributed by atoms with Crippen LogP contribution in [-0.4, -0.2) is 24.5 Å². The molecule has 1 N–H and O–H groups in total. The zero-order chi connectivity index (χ0) is 15.4. The second-order valence-corrected chi connectivity index (χ2v) is 5.48. The van der Waals surface area contributed by atoms with Gasteiger partial charge in [-0.15, -0.1) is 0 Å². The van der Waals surface area contributed by atoms with Gasteiger partial charge in [0, 0.05) is 17.5 Å². The number of nitrogens with zero attached hydrogens (tertiary/aromatic N) is 1. The number of ether oxygens (including phenoxy) is 2. The third-order valence-electron chi connectivity index (χ3n) is 3.36. The van der Waals surface area contributed by atoms with E-state index in [4.69, 9.17) is 9.47 Å². The number of aliphatic imine (C=N–C) groups is 1. The molecule has 4 heteroatoms. The Balaban J connectivity index is 2.11. The first kappa shape index (κ1) is 15.4. The van der Waals surface area contributed by atoms with Crippen molar-refractivity contribution in [2.24, 2.45) is 4.99 Å². The van der Waals surface area contributed by atoms with Crippen LogP contribution < -0.4 is 5.32 Å². The molecule has 2 heterocycles. The lowest BCUT2D eigenvalue weighted by Gasteiger charge is -2.16. The average molecular weight is 288 g/mol. The topological polar surface area (TPSA) is 42.9 Å². The van der Waals surface area contributed by atoms with Crippen LogP contribution in [0.25, 0.3) is 0 Å². The third-order valence-corrected chi connectivity index (χ3v) is 3.36. The molecule has 0 saturated carbocycles. The Morgan fingerprint density at radius 1 is 1.62 bits per heavy atom. The van der Waals surface area contributed by atoms with Crippen LogP contribution >= 0.6 is 0 Å². The number of hydrogen-bond acceptors (Lipinski definition) is 4. The van der Waals surface area contributed by atoms with E-state index in [2.05, 4.69) is 42.9 Å². The van der Waals surface area contributed by atoms with Crippen molar-refractivity contribution in [1.82, 2.24) is 5.32 Å². The summed E-state index contributed by atoms with van der Waals surface area (Å²) in [6, 6.07) is 0.232. The van der Waals surface area contributed by atoms with E-state index in [0.717, 1.165) is 35.0 Å². The maximum Gasteiger partial charge on any atom is 0.138 e. The van der Waals surface area contributed by atoms with Crippen LogP contribution in [0.2, 0.25) is 0 Å². The van der Waals surface area contributed by atoms with Gasteiger partial charge in [0.05, 0.1) is 23.3 Å². The smallest absolute Gasteiger partial charge is 0.138 e. The van der Waals surface area contributed by atoms with Crippen LogP contribution in [0.1, 0.15) is 34.1 Å². The second kappa shape index (κ2) is 6.66. The van der Waals surface area contributed by atoms with Gasteiger partial charge in [-0.3, -0.25) is 4.99 Å². The van der Waals surface area contributed by atoms with Crippen LogP contribution in [0.3, 0.4) is 0 Å². The van der Waals surface area contributed by atoms with Crippen molar-refractivity contribution in [2.75, 3.05) is 6.61 Å². The fourth-order valence-electron chi connectivity index (χ4n) is 2.32. The van der Waals surface area contributed by atoms with Gasteiger partial charge in [0.25, 0.3) is 0 Å². The minimum atomic E-state index is 0.0245. The number of rotatable bonds is 5. The van der Waals surface area contributed by atoms with Crippen LogP contribution in [0.4, 0.5) is 0 Å². The fourth-order valence-corrected chi connectivity index (χ4v) is 2.32. The summed E-state index contributed by atoms with van der Waals surface area (Å²) in [6.07, 6.45) is 7.04. The molecule has 0 aromatic rings. The molecular formula is C17H24N2O2. The minimum absolute atomic E-state index is 0.0245. The molecule has 0 bridgehead atoms.